The standard InChI is InChI=1S/C14H10BrFN2OS/c1-19-12-4-3-9(16)7-10(12)17-14-18-11-6-8(15)2-5-13(11)20-14/h2-7H,1H3,(H,17,18). The van der Waals surface area contributed by atoms with E-state index in [4.69, 9.17) is 4.74 Å². The molecule has 0 radical (unpaired) electrons. The number of anilines is 2. The quantitative estimate of drug-likeness (QED) is 0.723. The van der Waals surface area contributed by atoms with Crippen LogP contribution in [0.2, 0.25) is 0 Å². The van der Waals surface area contributed by atoms with Crippen LogP contribution in [0.1, 0.15) is 0 Å². The molecule has 1 aromatic heterocycles. The molecule has 0 amide bonds. The summed E-state index contributed by atoms with van der Waals surface area (Å²) in [4.78, 5) is 4.47. The predicted molar refractivity (Wildman–Crippen MR) is 83.6 cm³/mol. The number of nitrogens with one attached hydrogen (secondary N) is 1. The summed E-state index contributed by atoms with van der Waals surface area (Å²) in [5, 5.41) is 3.80. The van der Waals surface area contributed by atoms with Gasteiger partial charge >= 0.3 is 0 Å². The van der Waals surface area contributed by atoms with Crippen molar-refractivity contribution in [1.29, 1.82) is 0 Å². The summed E-state index contributed by atoms with van der Waals surface area (Å²) in [5.74, 6) is 0.254. The average Bonchev–Trinajstić information content (AvgIpc) is 2.80. The number of ether oxygens (including phenoxy) is 1. The van der Waals surface area contributed by atoms with Gasteiger partial charge in [-0.25, -0.2) is 9.37 Å². The number of nitrogens with zero attached hydrogens (tertiary/aromatic N) is 1. The van der Waals surface area contributed by atoms with Crippen molar-refractivity contribution in [3.63, 3.8) is 0 Å². The van der Waals surface area contributed by atoms with E-state index in [1.165, 1.54) is 23.5 Å². The fraction of sp³-hybridized carbons (Fsp3) is 0.0714. The number of benzene rings is 2. The Bertz CT molecular complexity index is 775. The van der Waals surface area contributed by atoms with Crippen molar-refractivity contribution in [2.45, 2.75) is 0 Å². The molecule has 0 fully saturated rings. The number of halogens is 2. The first-order valence-electron chi connectivity index (χ1n) is 5.82. The van der Waals surface area contributed by atoms with Crippen molar-refractivity contribution >= 4 is 48.3 Å². The van der Waals surface area contributed by atoms with Crippen molar-refractivity contribution in [2.24, 2.45) is 0 Å². The minimum Gasteiger partial charge on any atom is -0.495 e. The van der Waals surface area contributed by atoms with Gasteiger partial charge in [-0.2, -0.15) is 0 Å². The molecule has 0 spiro atoms. The van der Waals surface area contributed by atoms with Crippen molar-refractivity contribution < 1.29 is 9.13 Å². The Balaban J connectivity index is 1.98. The van der Waals surface area contributed by atoms with Gasteiger partial charge in [-0.05, 0) is 30.3 Å². The van der Waals surface area contributed by atoms with Crippen LogP contribution in [0, 0.1) is 5.82 Å². The maximum Gasteiger partial charge on any atom is 0.188 e. The van der Waals surface area contributed by atoms with Crippen molar-refractivity contribution in [3.8, 4) is 5.75 Å². The van der Waals surface area contributed by atoms with Gasteiger partial charge in [0, 0.05) is 10.5 Å². The van der Waals surface area contributed by atoms with Crippen LogP contribution in [-0.4, -0.2) is 12.1 Å². The molecule has 0 unspecified atom stereocenters. The lowest BCUT2D eigenvalue weighted by Crippen LogP contribution is -1.94. The lowest BCUT2D eigenvalue weighted by Gasteiger charge is -2.08. The normalized spacial score (nSPS) is 10.8. The molecule has 0 aliphatic carbocycles. The van der Waals surface area contributed by atoms with E-state index in [1.807, 2.05) is 18.2 Å². The zero-order valence-corrected chi connectivity index (χ0v) is 12.9. The molecule has 1 N–H and O–H groups in total. The van der Waals surface area contributed by atoms with Crippen molar-refractivity contribution in [3.05, 3.63) is 46.7 Å². The summed E-state index contributed by atoms with van der Waals surface area (Å²) in [6.07, 6.45) is 0. The van der Waals surface area contributed by atoms with Gasteiger partial charge in [0.05, 0.1) is 23.0 Å². The first kappa shape index (κ1) is 13.3. The number of fused-ring (bicyclic) bond motifs is 1. The molecule has 102 valence electrons. The third-order valence-corrected chi connectivity index (χ3v) is 4.20. The van der Waals surface area contributed by atoms with Gasteiger partial charge in [0.25, 0.3) is 0 Å². The summed E-state index contributed by atoms with van der Waals surface area (Å²) >= 11 is 4.92. The first-order valence-corrected chi connectivity index (χ1v) is 7.43. The second-order valence-electron chi connectivity index (χ2n) is 4.10. The number of methoxy groups -OCH3 is 1. The Kier molecular flexibility index (Phi) is 3.58. The molecule has 0 aliphatic rings. The van der Waals surface area contributed by atoms with E-state index in [1.54, 1.807) is 13.2 Å². The molecule has 0 saturated carbocycles. The van der Waals surface area contributed by atoms with Gasteiger partial charge in [-0.15, -0.1) is 0 Å². The first-order chi connectivity index (χ1) is 9.65. The molecule has 0 atom stereocenters. The van der Waals surface area contributed by atoms with Crippen LogP contribution in [0.4, 0.5) is 15.2 Å². The fourth-order valence-electron chi connectivity index (χ4n) is 1.85. The van der Waals surface area contributed by atoms with Gasteiger partial charge in [-0.1, -0.05) is 27.3 Å². The lowest BCUT2D eigenvalue weighted by molar-refractivity contribution is 0.416. The molecular weight excluding hydrogens is 343 g/mol. The molecule has 20 heavy (non-hydrogen) atoms. The number of rotatable bonds is 3. The van der Waals surface area contributed by atoms with Crippen LogP contribution >= 0.6 is 27.3 Å². The van der Waals surface area contributed by atoms with Gasteiger partial charge < -0.3 is 10.1 Å². The van der Waals surface area contributed by atoms with Gasteiger partial charge in [0.15, 0.2) is 5.13 Å². The van der Waals surface area contributed by atoms with E-state index >= 15 is 0 Å². The highest BCUT2D eigenvalue weighted by molar-refractivity contribution is 9.10. The van der Waals surface area contributed by atoms with Crippen molar-refractivity contribution in [1.82, 2.24) is 4.98 Å². The highest BCUT2D eigenvalue weighted by Crippen LogP contribution is 2.33. The molecule has 3 nitrogen and oxygen atoms in total. The Morgan fingerprint density at radius 2 is 2.10 bits per heavy atom. The van der Waals surface area contributed by atoms with Gasteiger partial charge in [-0.3, -0.25) is 0 Å². The monoisotopic (exact) mass is 352 g/mol. The SMILES string of the molecule is COc1ccc(F)cc1Nc1nc2cc(Br)ccc2s1. The Morgan fingerprint density at radius 1 is 1.25 bits per heavy atom. The third-order valence-electron chi connectivity index (χ3n) is 2.75. The molecule has 6 heteroatoms. The number of hydrogen-bond donors (Lipinski definition) is 1. The minimum atomic E-state index is -0.322. The summed E-state index contributed by atoms with van der Waals surface area (Å²) in [6, 6.07) is 10.2. The van der Waals surface area contributed by atoms with Crippen LogP contribution < -0.4 is 10.1 Å². The molecule has 0 saturated heterocycles. The largest absolute Gasteiger partial charge is 0.495 e. The Hall–Kier alpha value is -1.66. The Labute approximate surface area is 127 Å². The average molecular weight is 353 g/mol. The maximum atomic E-state index is 13.3. The predicted octanol–water partition coefficient (Wildman–Crippen LogP) is 4.95. The van der Waals surface area contributed by atoms with E-state index in [-0.39, 0.29) is 5.82 Å². The van der Waals surface area contributed by atoms with E-state index in [2.05, 4.69) is 26.2 Å². The second-order valence-corrected chi connectivity index (χ2v) is 6.05. The summed E-state index contributed by atoms with van der Waals surface area (Å²) in [6.45, 7) is 0. The van der Waals surface area contributed by atoms with Crippen LogP contribution in [0.5, 0.6) is 5.75 Å². The molecular formula is C14H10BrFN2OS. The van der Waals surface area contributed by atoms with Crippen LogP contribution in [0.15, 0.2) is 40.9 Å². The second kappa shape index (κ2) is 5.38. The molecule has 0 bridgehead atoms. The molecule has 3 rings (SSSR count). The smallest absolute Gasteiger partial charge is 0.188 e. The number of aromatic nitrogens is 1. The van der Waals surface area contributed by atoms with Gasteiger partial charge in [0.1, 0.15) is 11.6 Å². The summed E-state index contributed by atoms with van der Waals surface area (Å²) < 4.78 is 20.6. The molecule has 1 heterocycles. The lowest BCUT2D eigenvalue weighted by atomic mass is 10.3. The highest BCUT2D eigenvalue weighted by atomic mass is 79.9. The summed E-state index contributed by atoms with van der Waals surface area (Å²) in [7, 11) is 1.55. The maximum absolute atomic E-state index is 13.3. The zero-order valence-electron chi connectivity index (χ0n) is 10.5. The van der Waals surface area contributed by atoms with Gasteiger partial charge in [0.2, 0.25) is 0 Å². The van der Waals surface area contributed by atoms with Crippen LogP contribution in [-0.2, 0) is 0 Å². The zero-order chi connectivity index (χ0) is 14.1. The van der Waals surface area contributed by atoms with E-state index in [9.17, 15) is 4.39 Å². The molecule has 2 aromatic carbocycles. The highest BCUT2D eigenvalue weighted by Gasteiger charge is 2.09. The van der Waals surface area contributed by atoms with Crippen LogP contribution in [0.3, 0.4) is 0 Å². The van der Waals surface area contributed by atoms with E-state index < -0.39 is 0 Å². The number of thiazole rings is 1. The summed E-state index contributed by atoms with van der Waals surface area (Å²) in [5.41, 5.74) is 1.45. The van der Waals surface area contributed by atoms with Crippen molar-refractivity contribution in [2.75, 3.05) is 12.4 Å². The third kappa shape index (κ3) is 2.62. The topological polar surface area (TPSA) is 34.1 Å². The molecule has 3 aromatic rings. The van der Waals surface area contributed by atoms with Crippen LogP contribution in [0.25, 0.3) is 10.2 Å². The number of hydrogen-bond acceptors (Lipinski definition) is 4. The van der Waals surface area contributed by atoms with E-state index in [0.717, 1.165) is 14.7 Å². The van der Waals surface area contributed by atoms with E-state index in [0.29, 0.717) is 16.6 Å². The Morgan fingerprint density at radius 3 is 2.90 bits per heavy atom. The molecule has 0 aliphatic heterocycles. The fourth-order valence-corrected chi connectivity index (χ4v) is 3.05. The minimum absolute atomic E-state index is 0.322.